The Bertz CT molecular complexity index is 466. The summed E-state index contributed by atoms with van der Waals surface area (Å²) in [6, 6.07) is 0.534. The monoisotopic (exact) mass is 338 g/mol. The lowest BCUT2D eigenvalue weighted by Gasteiger charge is -2.23. The van der Waals surface area contributed by atoms with E-state index >= 15 is 0 Å². The summed E-state index contributed by atoms with van der Waals surface area (Å²) in [5, 5.41) is 3.40. The Hall–Kier alpha value is -0.850. The van der Waals surface area contributed by atoms with E-state index in [1.165, 1.54) is 37.9 Å². The fourth-order valence-electron chi connectivity index (χ4n) is 3.06. The maximum atomic E-state index is 5.72. The number of nitrogens with one attached hydrogen (secondary N) is 1. The third kappa shape index (κ3) is 5.94. The number of fused-ring (bicyclic) bond motifs is 1. The van der Waals surface area contributed by atoms with Crippen LogP contribution in [0.2, 0.25) is 0 Å². The molecular weight excluding hydrogens is 308 g/mol. The van der Waals surface area contributed by atoms with Gasteiger partial charge in [0.2, 0.25) is 0 Å². The van der Waals surface area contributed by atoms with Crippen LogP contribution in [0, 0.1) is 5.92 Å². The Morgan fingerprint density at radius 1 is 1.35 bits per heavy atom. The van der Waals surface area contributed by atoms with Gasteiger partial charge in [-0.15, -0.1) is 0 Å². The van der Waals surface area contributed by atoms with Crippen LogP contribution in [-0.4, -0.2) is 40.5 Å². The second-order valence-electron chi connectivity index (χ2n) is 5.95. The zero-order chi connectivity index (χ0) is 16.5. The summed E-state index contributed by atoms with van der Waals surface area (Å²) >= 11 is 4.37. The average Bonchev–Trinajstić information content (AvgIpc) is 2.61. The molecule has 1 aromatic heterocycles. The molecule has 0 radical (unpaired) electrons. The number of thiol groups is 1. The highest BCUT2D eigenvalue weighted by atomic mass is 32.1. The zero-order valence-corrected chi connectivity index (χ0v) is 15.3. The number of rotatable bonds is 5. The molecule has 0 saturated carbocycles. The van der Waals surface area contributed by atoms with Gasteiger partial charge in [0.15, 0.2) is 0 Å². The molecule has 0 aliphatic carbocycles. The van der Waals surface area contributed by atoms with Gasteiger partial charge in [0.1, 0.15) is 0 Å². The largest absolute Gasteiger partial charge is 0.463 e. The van der Waals surface area contributed by atoms with Gasteiger partial charge in [0.05, 0.1) is 12.3 Å². The summed E-state index contributed by atoms with van der Waals surface area (Å²) in [5.41, 5.74) is 2.28. The molecule has 2 aliphatic rings. The van der Waals surface area contributed by atoms with Gasteiger partial charge in [-0.1, -0.05) is 26.7 Å². The van der Waals surface area contributed by atoms with E-state index in [0.29, 0.717) is 6.01 Å². The van der Waals surface area contributed by atoms with E-state index in [0.717, 1.165) is 44.1 Å². The fourth-order valence-corrected chi connectivity index (χ4v) is 3.31. The van der Waals surface area contributed by atoms with Crippen LogP contribution >= 0.6 is 12.8 Å². The molecule has 2 aliphatic heterocycles. The Morgan fingerprint density at radius 3 is 2.91 bits per heavy atom. The molecule has 3 heterocycles. The minimum absolute atomic E-state index is 0.534. The third-order valence-electron chi connectivity index (χ3n) is 4.34. The SMILES string of the molecule is CC.SN1CCc2nc(OCCCC3CCNCC3)ncc2C1. The van der Waals surface area contributed by atoms with Crippen molar-refractivity contribution in [1.82, 2.24) is 19.6 Å². The normalized spacial score (nSPS) is 18.7. The number of piperidine rings is 1. The first kappa shape index (κ1) is 18.5. The maximum absolute atomic E-state index is 5.72. The molecule has 3 rings (SSSR count). The fraction of sp³-hybridized carbons (Fsp3) is 0.765. The van der Waals surface area contributed by atoms with Crippen molar-refractivity contribution in [2.24, 2.45) is 5.92 Å². The quantitative estimate of drug-likeness (QED) is 0.639. The van der Waals surface area contributed by atoms with Crippen molar-refractivity contribution in [3.8, 4) is 6.01 Å². The molecule has 130 valence electrons. The predicted molar refractivity (Wildman–Crippen MR) is 96.8 cm³/mol. The van der Waals surface area contributed by atoms with Crippen molar-refractivity contribution in [1.29, 1.82) is 0 Å². The van der Waals surface area contributed by atoms with Crippen LogP contribution in [0.3, 0.4) is 0 Å². The first-order valence-electron chi connectivity index (χ1n) is 8.93. The lowest BCUT2D eigenvalue weighted by atomic mass is 9.93. The van der Waals surface area contributed by atoms with Gasteiger partial charge in [0, 0.05) is 31.3 Å². The molecule has 0 bridgehead atoms. The zero-order valence-electron chi connectivity index (χ0n) is 14.4. The number of hydrogen-bond acceptors (Lipinski definition) is 6. The predicted octanol–water partition coefficient (Wildman–Crippen LogP) is 2.86. The van der Waals surface area contributed by atoms with E-state index < -0.39 is 0 Å². The van der Waals surface area contributed by atoms with E-state index in [2.05, 4.69) is 28.1 Å². The van der Waals surface area contributed by atoms with E-state index in [-0.39, 0.29) is 0 Å². The summed E-state index contributed by atoms with van der Waals surface area (Å²) in [5.74, 6) is 0.862. The Labute approximate surface area is 145 Å². The van der Waals surface area contributed by atoms with E-state index in [1.807, 2.05) is 24.3 Å². The Morgan fingerprint density at radius 2 is 2.13 bits per heavy atom. The topological polar surface area (TPSA) is 50.3 Å². The van der Waals surface area contributed by atoms with Gasteiger partial charge < -0.3 is 10.1 Å². The van der Waals surface area contributed by atoms with E-state index in [1.54, 1.807) is 0 Å². The van der Waals surface area contributed by atoms with Crippen LogP contribution < -0.4 is 10.1 Å². The molecule has 1 fully saturated rings. The van der Waals surface area contributed by atoms with Gasteiger partial charge in [-0.05, 0) is 44.7 Å². The van der Waals surface area contributed by atoms with Crippen molar-refractivity contribution >= 4 is 12.8 Å². The molecule has 0 unspecified atom stereocenters. The number of ether oxygens (including phenoxy) is 1. The maximum Gasteiger partial charge on any atom is 0.316 e. The van der Waals surface area contributed by atoms with E-state index in [9.17, 15) is 0 Å². The minimum Gasteiger partial charge on any atom is -0.463 e. The molecule has 0 amide bonds. The molecule has 0 spiro atoms. The van der Waals surface area contributed by atoms with Crippen molar-refractivity contribution in [3.63, 3.8) is 0 Å². The Balaban J connectivity index is 0.000000924. The third-order valence-corrected chi connectivity index (χ3v) is 4.68. The molecular formula is C17H30N4OS. The van der Waals surface area contributed by atoms with Gasteiger partial charge in [-0.2, -0.15) is 4.98 Å². The van der Waals surface area contributed by atoms with Crippen molar-refractivity contribution in [2.75, 3.05) is 26.2 Å². The van der Waals surface area contributed by atoms with Gasteiger partial charge in [-0.3, -0.25) is 0 Å². The summed E-state index contributed by atoms with van der Waals surface area (Å²) in [6.07, 6.45) is 7.75. The Kier molecular flexibility index (Phi) is 8.12. The van der Waals surface area contributed by atoms with Crippen molar-refractivity contribution < 1.29 is 4.74 Å². The molecule has 23 heavy (non-hydrogen) atoms. The first-order chi connectivity index (χ1) is 11.3. The van der Waals surface area contributed by atoms with Crippen molar-refractivity contribution in [3.05, 3.63) is 17.5 Å². The second-order valence-corrected chi connectivity index (χ2v) is 6.51. The van der Waals surface area contributed by atoms with E-state index in [4.69, 9.17) is 4.74 Å². The summed E-state index contributed by atoms with van der Waals surface area (Å²) in [4.78, 5) is 8.83. The van der Waals surface area contributed by atoms with Crippen LogP contribution in [0.1, 0.15) is 50.8 Å². The molecule has 0 aromatic carbocycles. The van der Waals surface area contributed by atoms with Crippen LogP contribution in [0.15, 0.2) is 6.20 Å². The summed E-state index contributed by atoms with van der Waals surface area (Å²) < 4.78 is 7.71. The minimum atomic E-state index is 0.534. The molecule has 0 atom stereocenters. The van der Waals surface area contributed by atoms with Crippen LogP contribution in [-0.2, 0) is 13.0 Å². The summed E-state index contributed by atoms with van der Waals surface area (Å²) in [7, 11) is 0. The molecule has 5 nitrogen and oxygen atoms in total. The highest BCUT2D eigenvalue weighted by Crippen LogP contribution is 2.20. The van der Waals surface area contributed by atoms with Gasteiger partial charge in [-0.25, -0.2) is 9.29 Å². The highest BCUT2D eigenvalue weighted by Gasteiger charge is 2.17. The van der Waals surface area contributed by atoms with Gasteiger partial charge in [0.25, 0.3) is 0 Å². The molecule has 6 heteroatoms. The number of nitrogens with zero attached hydrogens (tertiary/aromatic N) is 3. The smallest absolute Gasteiger partial charge is 0.316 e. The standard InChI is InChI=1S/C15H24N4OS.C2H6/c21-19-8-5-14-13(11-19)10-17-15(18-14)20-9-1-2-12-3-6-16-7-4-12;1-2/h10,12,16,21H,1-9,11H2;1-2H3. The van der Waals surface area contributed by atoms with Crippen LogP contribution in [0.25, 0.3) is 0 Å². The second kappa shape index (κ2) is 10.1. The van der Waals surface area contributed by atoms with Crippen LogP contribution in [0.5, 0.6) is 6.01 Å². The number of hydrogen-bond donors (Lipinski definition) is 2. The highest BCUT2D eigenvalue weighted by molar-refractivity contribution is 7.77. The van der Waals surface area contributed by atoms with Crippen molar-refractivity contribution in [2.45, 2.75) is 52.5 Å². The summed E-state index contributed by atoms with van der Waals surface area (Å²) in [6.45, 7) is 8.81. The average molecular weight is 339 g/mol. The molecule has 1 aromatic rings. The van der Waals surface area contributed by atoms with Gasteiger partial charge >= 0.3 is 6.01 Å². The lowest BCUT2D eigenvalue weighted by molar-refractivity contribution is 0.256. The van der Waals surface area contributed by atoms with Crippen LogP contribution in [0.4, 0.5) is 0 Å². The number of aromatic nitrogens is 2. The molecule has 1 saturated heterocycles. The first-order valence-corrected chi connectivity index (χ1v) is 9.33. The molecule has 1 N–H and O–H groups in total. The lowest BCUT2D eigenvalue weighted by Crippen LogP contribution is -2.27.